The zero-order chi connectivity index (χ0) is 30.7. The highest BCUT2D eigenvalue weighted by molar-refractivity contribution is 5.90. The van der Waals surface area contributed by atoms with E-state index in [2.05, 4.69) is 146 Å². The first-order valence-electron chi connectivity index (χ1n) is 16.2. The standard InChI is InChI=1S/C41H38N2O2/c1-5-13-29-15-7-9-17-35(29)31-21-27(3)39-33(23-31)25-42-37-19-11-12-20-38(37)43-26-34-24-32(36-18-10-8-16-30(36)14-6-2)22-28(4)40(34)45-41(42,43)44-39/h7-12,15-26H,5-6,13-14H2,1-4H3/q+2. The number of nitrogens with zero attached hydrogens (tertiary/aromatic N) is 2. The molecule has 0 fully saturated rings. The molecule has 8 rings (SSSR count). The van der Waals surface area contributed by atoms with Crippen molar-refractivity contribution in [3.05, 3.63) is 130 Å². The van der Waals surface area contributed by atoms with Gasteiger partial charge in [0.15, 0.2) is 23.9 Å². The van der Waals surface area contributed by atoms with Gasteiger partial charge in [0.1, 0.15) is 0 Å². The van der Waals surface area contributed by atoms with Crippen LogP contribution in [0.4, 0.5) is 11.4 Å². The van der Waals surface area contributed by atoms with Crippen molar-refractivity contribution in [3.63, 3.8) is 0 Å². The molecule has 222 valence electrons. The number of hydrogen-bond donors (Lipinski definition) is 0. The van der Waals surface area contributed by atoms with Crippen molar-refractivity contribution in [2.24, 2.45) is 0 Å². The molecule has 0 saturated carbocycles. The number of hydrogen-bond acceptors (Lipinski definition) is 2. The van der Waals surface area contributed by atoms with E-state index in [1.54, 1.807) is 0 Å². The van der Waals surface area contributed by atoms with E-state index in [-0.39, 0.29) is 0 Å². The van der Waals surface area contributed by atoms with Gasteiger partial charge in [0.2, 0.25) is 0 Å². The van der Waals surface area contributed by atoms with Crippen molar-refractivity contribution in [3.8, 4) is 33.8 Å². The molecule has 3 heterocycles. The predicted octanol–water partition coefficient (Wildman–Crippen LogP) is 9.48. The minimum Gasteiger partial charge on any atom is -0.340 e. The Morgan fingerprint density at radius 1 is 0.556 bits per heavy atom. The molecule has 0 bridgehead atoms. The summed E-state index contributed by atoms with van der Waals surface area (Å²) in [6.07, 6.45) is 8.75. The average Bonchev–Trinajstić information content (AvgIpc) is 3.33. The van der Waals surface area contributed by atoms with Gasteiger partial charge in [0, 0.05) is 12.1 Å². The van der Waals surface area contributed by atoms with E-state index < -0.39 is 6.03 Å². The Labute approximate surface area is 265 Å². The molecule has 3 aliphatic heterocycles. The maximum absolute atomic E-state index is 7.07. The van der Waals surface area contributed by atoms with Gasteiger partial charge in [-0.3, -0.25) is 0 Å². The zero-order valence-electron chi connectivity index (χ0n) is 26.4. The molecular formula is C41H38N2O2+2. The fourth-order valence-corrected chi connectivity index (χ4v) is 7.32. The van der Waals surface area contributed by atoms with Crippen LogP contribution >= 0.6 is 0 Å². The van der Waals surface area contributed by atoms with Crippen LogP contribution in [-0.2, 0) is 12.8 Å². The van der Waals surface area contributed by atoms with Crippen LogP contribution in [0.25, 0.3) is 22.3 Å². The second-order valence-electron chi connectivity index (χ2n) is 12.5. The number of rotatable bonds is 6. The van der Waals surface area contributed by atoms with Crippen LogP contribution in [0.3, 0.4) is 0 Å². The molecule has 1 spiro atoms. The summed E-state index contributed by atoms with van der Waals surface area (Å²) in [5.41, 5.74) is 14.1. The number of fused-ring (bicyclic) bond motifs is 5. The third-order valence-electron chi connectivity index (χ3n) is 9.32. The Balaban J connectivity index is 1.29. The van der Waals surface area contributed by atoms with Gasteiger partial charge in [0.25, 0.3) is 11.4 Å². The topological polar surface area (TPSA) is 24.5 Å². The highest BCUT2D eigenvalue weighted by Crippen LogP contribution is 2.50. The monoisotopic (exact) mass is 590 g/mol. The zero-order valence-corrected chi connectivity index (χ0v) is 26.4. The summed E-state index contributed by atoms with van der Waals surface area (Å²) in [7, 11) is 0. The van der Waals surface area contributed by atoms with Crippen LogP contribution in [0.15, 0.2) is 97.1 Å². The van der Waals surface area contributed by atoms with Crippen LogP contribution in [0.2, 0.25) is 0 Å². The Morgan fingerprint density at radius 2 is 0.978 bits per heavy atom. The van der Waals surface area contributed by atoms with Gasteiger partial charge >= 0.3 is 6.03 Å². The maximum atomic E-state index is 7.07. The van der Waals surface area contributed by atoms with Crippen molar-refractivity contribution in [1.82, 2.24) is 0 Å². The molecule has 0 N–H and O–H groups in total. The lowest BCUT2D eigenvalue weighted by Gasteiger charge is -2.28. The first-order chi connectivity index (χ1) is 22.0. The molecule has 45 heavy (non-hydrogen) atoms. The van der Waals surface area contributed by atoms with Crippen LogP contribution < -0.4 is 9.47 Å². The molecule has 0 radical (unpaired) electrons. The van der Waals surface area contributed by atoms with Gasteiger partial charge in [-0.1, -0.05) is 87.4 Å². The average molecular weight is 591 g/mol. The van der Waals surface area contributed by atoms with Crippen molar-refractivity contribution < 1.29 is 18.6 Å². The second kappa shape index (κ2) is 10.6. The van der Waals surface area contributed by atoms with E-state index in [1.807, 2.05) is 0 Å². The molecule has 0 aromatic heterocycles. The summed E-state index contributed by atoms with van der Waals surface area (Å²) < 4.78 is 18.5. The summed E-state index contributed by atoms with van der Waals surface area (Å²) in [5.74, 6) is 1.70. The number of aryl methyl sites for hydroxylation is 4. The quantitative estimate of drug-likeness (QED) is 0.184. The third kappa shape index (κ3) is 4.27. The van der Waals surface area contributed by atoms with E-state index in [0.717, 1.165) is 70.8 Å². The fourth-order valence-electron chi connectivity index (χ4n) is 7.32. The Hall–Kier alpha value is -4.96. The van der Waals surface area contributed by atoms with Crippen molar-refractivity contribution in [1.29, 1.82) is 0 Å². The van der Waals surface area contributed by atoms with E-state index in [0.29, 0.717) is 0 Å². The molecule has 3 aliphatic rings. The molecule has 0 aliphatic carbocycles. The summed E-state index contributed by atoms with van der Waals surface area (Å²) in [4.78, 5) is 0. The SMILES string of the molecule is CCCc1ccccc1-c1cc(C)c2c(c1)C=[N+]1c3ccccc3[N+]3=Cc4cc(-c5ccccc5CCC)cc(C)c4OC13O2. The first kappa shape index (κ1) is 27.6. The number of ether oxygens (including phenoxy) is 2. The smallest absolute Gasteiger partial charge is 0.340 e. The molecule has 0 unspecified atom stereocenters. The Bertz CT molecular complexity index is 1920. The molecule has 0 saturated heterocycles. The Morgan fingerprint density at radius 3 is 1.42 bits per heavy atom. The molecule has 4 heteroatoms. The predicted molar refractivity (Wildman–Crippen MR) is 182 cm³/mol. The summed E-state index contributed by atoms with van der Waals surface area (Å²) in [5, 5.41) is 0. The third-order valence-corrected chi connectivity index (χ3v) is 9.32. The van der Waals surface area contributed by atoms with Crippen molar-refractivity contribution in [2.75, 3.05) is 0 Å². The van der Waals surface area contributed by atoms with E-state index in [4.69, 9.17) is 9.47 Å². The van der Waals surface area contributed by atoms with Crippen LogP contribution in [-0.4, -0.2) is 27.6 Å². The van der Waals surface area contributed by atoms with Crippen LogP contribution in [0.1, 0.15) is 60.1 Å². The molecule has 0 amide bonds. The van der Waals surface area contributed by atoms with Gasteiger partial charge in [-0.05, 0) is 105 Å². The highest BCUT2D eigenvalue weighted by Gasteiger charge is 2.72. The van der Waals surface area contributed by atoms with Crippen LogP contribution in [0, 0.1) is 13.8 Å². The lowest BCUT2D eigenvalue weighted by atomic mass is 9.93. The Kier molecular flexibility index (Phi) is 6.49. The normalized spacial score (nSPS) is 14.9. The van der Waals surface area contributed by atoms with E-state index in [1.165, 1.54) is 33.4 Å². The van der Waals surface area contributed by atoms with Crippen LogP contribution in [0.5, 0.6) is 11.5 Å². The first-order valence-corrected chi connectivity index (χ1v) is 16.2. The minimum absolute atomic E-state index is 0.848. The molecular weight excluding hydrogens is 552 g/mol. The van der Waals surface area contributed by atoms with Gasteiger partial charge < -0.3 is 9.47 Å². The lowest BCUT2D eigenvalue weighted by Crippen LogP contribution is -2.59. The maximum Gasteiger partial charge on any atom is 0.715 e. The summed E-state index contributed by atoms with van der Waals surface area (Å²) in [6.45, 7) is 8.76. The van der Waals surface area contributed by atoms with Gasteiger partial charge in [-0.2, -0.15) is 0 Å². The lowest BCUT2D eigenvalue weighted by molar-refractivity contribution is -0.831. The summed E-state index contributed by atoms with van der Waals surface area (Å²) >= 11 is 0. The van der Waals surface area contributed by atoms with E-state index >= 15 is 0 Å². The molecule has 4 nitrogen and oxygen atoms in total. The van der Waals surface area contributed by atoms with Crippen molar-refractivity contribution in [2.45, 2.75) is 59.4 Å². The largest absolute Gasteiger partial charge is 0.715 e. The molecule has 5 aromatic carbocycles. The van der Waals surface area contributed by atoms with Gasteiger partial charge in [-0.15, -0.1) is 0 Å². The summed E-state index contributed by atoms with van der Waals surface area (Å²) in [6, 6.07) is 33.8. The van der Waals surface area contributed by atoms with Crippen molar-refractivity contribution >= 4 is 23.8 Å². The van der Waals surface area contributed by atoms with Gasteiger partial charge in [0.05, 0.1) is 11.1 Å². The number of para-hydroxylation sites is 2. The minimum atomic E-state index is -1.19. The fraction of sp³-hybridized carbons (Fsp3) is 0.220. The second-order valence-corrected chi connectivity index (χ2v) is 12.5. The van der Waals surface area contributed by atoms with E-state index in [9.17, 15) is 0 Å². The number of benzene rings is 5. The highest BCUT2D eigenvalue weighted by atomic mass is 16.7. The molecule has 5 aromatic rings. The molecule has 0 atom stereocenters. The van der Waals surface area contributed by atoms with Gasteiger partial charge in [-0.25, -0.2) is 0 Å².